The van der Waals surface area contributed by atoms with Crippen molar-refractivity contribution in [2.45, 2.75) is 20.5 Å². The van der Waals surface area contributed by atoms with E-state index in [1.807, 2.05) is 49.0 Å². The van der Waals surface area contributed by atoms with Crippen molar-refractivity contribution in [1.82, 2.24) is 9.55 Å². The van der Waals surface area contributed by atoms with Gasteiger partial charge in [-0.15, -0.1) is 0 Å². The lowest BCUT2D eigenvalue weighted by atomic mass is 10.2. The normalized spacial score (nSPS) is 10.6. The van der Waals surface area contributed by atoms with Crippen molar-refractivity contribution in [3.05, 3.63) is 47.5 Å². The molecule has 78 valence electrons. The van der Waals surface area contributed by atoms with Crippen molar-refractivity contribution in [3.8, 4) is 5.69 Å². The maximum atomic E-state index is 8.94. The third-order valence-electron chi connectivity index (χ3n) is 2.65. The first-order valence-corrected chi connectivity index (χ1v) is 4.93. The first kappa shape index (κ1) is 9.93. The van der Waals surface area contributed by atoms with Crippen LogP contribution < -0.4 is 0 Å². The van der Waals surface area contributed by atoms with Crippen LogP contribution >= 0.6 is 0 Å². The molecule has 0 bridgehead atoms. The summed E-state index contributed by atoms with van der Waals surface area (Å²) < 4.78 is 2.04. The summed E-state index contributed by atoms with van der Waals surface area (Å²) in [5, 5.41) is 8.94. The molecule has 0 aliphatic heterocycles. The zero-order chi connectivity index (χ0) is 10.8. The molecule has 0 amide bonds. The Labute approximate surface area is 89.0 Å². The summed E-state index contributed by atoms with van der Waals surface area (Å²) in [5.41, 5.74) is 4.19. The molecule has 0 spiro atoms. The monoisotopic (exact) mass is 202 g/mol. The highest BCUT2D eigenvalue weighted by atomic mass is 16.3. The van der Waals surface area contributed by atoms with E-state index in [1.54, 1.807) is 0 Å². The highest BCUT2D eigenvalue weighted by molar-refractivity contribution is 5.37. The lowest BCUT2D eigenvalue weighted by molar-refractivity contribution is 0.282. The molecule has 0 aliphatic carbocycles. The second-order valence-electron chi connectivity index (χ2n) is 3.61. The van der Waals surface area contributed by atoms with Crippen molar-refractivity contribution in [3.63, 3.8) is 0 Å². The van der Waals surface area contributed by atoms with Crippen molar-refractivity contribution in [1.29, 1.82) is 0 Å². The zero-order valence-corrected chi connectivity index (χ0v) is 8.94. The van der Waals surface area contributed by atoms with E-state index in [0.717, 1.165) is 22.6 Å². The molecule has 0 aliphatic rings. The van der Waals surface area contributed by atoms with Crippen LogP contribution in [-0.2, 0) is 6.61 Å². The number of aryl methyl sites for hydroxylation is 1. The van der Waals surface area contributed by atoms with E-state index < -0.39 is 0 Å². The van der Waals surface area contributed by atoms with Gasteiger partial charge in [0.1, 0.15) is 0 Å². The number of aliphatic hydroxyl groups excluding tert-OH is 1. The van der Waals surface area contributed by atoms with Gasteiger partial charge in [-0.05, 0) is 31.5 Å². The second-order valence-corrected chi connectivity index (χ2v) is 3.61. The Hall–Kier alpha value is -1.61. The summed E-state index contributed by atoms with van der Waals surface area (Å²) in [4.78, 5) is 4.25. The van der Waals surface area contributed by atoms with E-state index in [-0.39, 0.29) is 6.61 Å². The number of benzene rings is 1. The van der Waals surface area contributed by atoms with Crippen molar-refractivity contribution in [2.24, 2.45) is 0 Å². The van der Waals surface area contributed by atoms with E-state index in [4.69, 9.17) is 5.11 Å². The molecule has 1 N–H and O–H groups in total. The van der Waals surface area contributed by atoms with Gasteiger partial charge in [-0.25, -0.2) is 4.98 Å². The minimum atomic E-state index is 0.0855. The molecule has 15 heavy (non-hydrogen) atoms. The molecule has 3 heteroatoms. The number of hydrogen-bond donors (Lipinski definition) is 1. The van der Waals surface area contributed by atoms with Gasteiger partial charge in [0.2, 0.25) is 0 Å². The third-order valence-corrected chi connectivity index (χ3v) is 2.65. The Balaban J connectivity index is 2.41. The quantitative estimate of drug-likeness (QED) is 0.808. The molecular formula is C12H14N2O. The molecule has 0 fully saturated rings. The molecule has 0 radical (unpaired) electrons. The molecule has 0 saturated carbocycles. The first-order valence-electron chi connectivity index (χ1n) is 4.93. The fourth-order valence-electron chi connectivity index (χ4n) is 1.52. The predicted octanol–water partition coefficient (Wildman–Crippen LogP) is 1.98. The van der Waals surface area contributed by atoms with Crippen LogP contribution in [0.25, 0.3) is 5.69 Å². The Bertz CT molecular complexity index is 457. The number of rotatable bonds is 2. The summed E-state index contributed by atoms with van der Waals surface area (Å²) in [7, 11) is 0. The van der Waals surface area contributed by atoms with Crippen LogP contribution in [0, 0.1) is 13.8 Å². The molecule has 0 unspecified atom stereocenters. The zero-order valence-electron chi connectivity index (χ0n) is 8.94. The molecule has 2 rings (SSSR count). The SMILES string of the molecule is Cc1ncn(-c2ccc(CO)cc2)c1C. The average Bonchev–Trinajstić information content (AvgIpc) is 2.60. The van der Waals surface area contributed by atoms with Gasteiger partial charge in [-0.1, -0.05) is 12.1 Å². The number of hydrogen-bond acceptors (Lipinski definition) is 2. The molecule has 2 aromatic rings. The molecule has 1 heterocycles. The van der Waals surface area contributed by atoms with Gasteiger partial charge in [0, 0.05) is 11.4 Å². The molecule has 0 atom stereocenters. The fraction of sp³-hybridized carbons (Fsp3) is 0.250. The topological polar surface area (TPSA) is 38.0 Å². The van der Waals surface area contributed by atoms with Gasteiger partial charge in [-0.2, -0.15) is 0 Å². The molecule has 1 aromatic heterocycles. The van der Waals surface area contributed by atoms with Crippen LogP contribution in [0.3, 0.4) is 0 Å². The summed E-state index contributed by atoms with van der Waals surface area (Å²) >= 11 is 0. The number of imidazole rings is 1. The first-order chi connectivity index (χ1) is 7.22. The van der Waals surface area contributed by atoms with E-state index in [1.165, 1.54) is 0 Å². The Morgan fingerprint density at radius 2 is 1.87 bits per heavy atom. The number of aromatic nitrogens is 2. The van der Waals surface area contributed by atoms with Crippen LogP contribution in [0.5, 0.6) is 0 Å². The number of aliphatic hydroxyl groups is 1. The Kier molecular flexibility index (Phi) is 2.56. The molecule has 1 aromatic carbocycles. The minimum absolute atomic E-state index is 0.0855. The maximum Gasteiger partial charge on any atom is 0.0997 e. The van der Waals surface area contributed by atoms with E-state index >= 15 is 0 Å². The van der Waals surface area contributed by atoms with Gasteiger partial charge in [-0.3, -0.25) is 0 Å². The Morgan fingerprint density at radius 1 is 1.20 bits per heavy atom. The molecular weight excluding hydrogens is 188 g/mol. The maximum absolute atomic E-state index is 8.94. The van der Waals surface area contributed by atoms with Crippen LogP contribution in [0.2, 0.25) is 0 Å². The standard InChI is InChI=1S/C12H14N2O/c1-9-10(2)14(8-13-9)12-5-3-11(7-15)4-6-12/h3-6,8,15H,7H2,1-2H3. The predicted molar refractivity (Wildman–Crippen MR) is 59.0 cm³/mol. The van der Waals surface area contributed by atoms with Crippen molar-refractivity contribution < 1.29 is 5.11 Å². The highest BCUT2D eigenvalue weighted by Crippen LogP contribution is 2.14. The second kappa shape index (κ2) is 3.87. The summed E-state index contributed by atoms with van der Waals surface area (Å²) in [5.74, 6) is 0. The highest BCUT2D eigenvalue weighted by Gasteiger charge is 2.03. The van der Waals surface area contributed by atoms with Crippen LogP contribution in [0.15, 0.2) is 30.6 Å². The molecule has 0 saturated heterocycles. The van der Waals surface area contributed by atoms with Gasteiger partial charge in [0.15, 0.2) is 0 Å². The number of nitrogens with zero attached hydrogens (tertiary/aromatic N) is 2. The summed E-state index contributed by atoms with van der Waals surface area (Å²) in [6.45, 7) is 4.12. The minimum Gasteiger partial charge on any atom is -0.392 e. The van der Waals surface area contributed by atoms with Gasteiger partial charge in [0.25, 0.3) is 0 Å². The average molecular weight is 202 g/mol. The van der Waals surface area contributed by atoms with Crippen LogP contribution in [0.4, 0.5) is 0 Å². The smallest absolute Gasteiger partial charge is 0.0997 e. The van der Waals surface area contributed by atoms with Gasteiger partial charge >= 0.3 is 0 Å². The summed E-state index contributed by atoms with van der Waals surface area (Å²) in [6, 6.07) is 7.81. The van der Waals surface area contributed by atoms with E-state index in [9.17, 15) is 0 Å². The largest absolute Gasteiger partial charge is 0.392 e. The van der Waals surface area contributed by atoms with Crippen LogP contribution in [-0.4, -0.2) is 14.7 Å². The van der Waals surface area contributed by atoms with Crippen LogP contribution in [0.1, 0.15) is 17.0 Å². The lowest BCUT2D eigenvalue weighted by Crippen LogP contribution is -1.95. The van der Waals surface area contributed by atoms with Gasteiger partial charge < -0.3 is 9.67 Å². The van der Waals surface area contributed by atoms with Crippen molar-refractivity contribution >= 4 is 0 Å². The van der Waals surface area contributed by atoms with Gasteiger partial charge in [0.05, 0.1) is 18.6 Å². The summed E-state index contributed by atoms with van der Waals surface area (Å²) in [6.07, 6.45) is 1.82. The van der Waals surface area contributed by atoms with E-state index in [2.05, 4.69) is 4.98 Å². The Morgan fingerprint density at radius 3 is 2.33 bits per heavy atom. The van der Waals surface area contributed by atoms with E-state index in [0.29, 0.717) is 0 Å². The lowest BCUT2D eigenvalue weighted by Gasteiger charge is -2.05. The van der Waals surface area contributed by atoms with Crippen molar-refractivity contribution in [2.75, 3.05) is 0 Å². The molecule has 3 nitrogen and oxygen atoms in total. The fourth-order valence-corrected chi connectivity index (χ4v) is 1.52. The third kappa shape index (κ3) is 1.78.